The van der Waals surface area contributed by atoms with Gasteiger partial charge in [0.05, 0.1) is 11.0 Å². The van der Waals surface area contributed by atoms with Gasteiger partial charge in [0.2, 0.25) is 5.91 Å². The number of rotatable bonds is 6. The lowest BCUT2D eigenvalue weighted by Crippen LogP contribution is -2.31. The minimum absolute atomic E-state index is 0.144. The third-order valence-corrected chi connectivity index (χ3v) is 4.05. The molecule has 0 aliphatic rings. The molecular weight excluding hydrogens is 316 g/mol. The van der Waals surface area contributed by atoms with E-state index in [0.717, 1.165) is 18.5 Å². The average Bonchev–Trinajstić information content (AvgIpc) is 2.96. The number of amides is 1. The Kier molecular flexibility index (Phi) is 4.88. The number of hydrogen-bond donors (Lipinski definition) is 4. The molecule has 1 aromatic heterocycles. The maximum Gasteiger partial charge on any atom is 0.323 e. The maximum atomic E-state index is 12.4. The Balaban J connectivity index is 1.63. The fourth-order valence-corrected chi connectivity index (χ4v) is 2.73. The van der Waals surface area contributed by atoms with Crippen molar-refractivity contribution in [2.75, 3.05) is 10.6 Å². The number of carbonyl (C=O) groups is 1. The summed E-state index contributed by atoms with van der Waals surface area (Å²) in [5.41, 5.74) is 3.95. The second kappa shape index (κ2) is 7.25. The molecule has 4 N–H and O–H groups in total. The summed E-state index contributed by atoms with van der Waals surface area (Å²) in [4.78, 5) is 29.0. The molecule has 0 unspecified atom stereocenters. The van der Waals surface area contributed by atoms with Gasteiger partial charge in [-0.25, -0.2) is 4.79 Å². The Labute approximate surface area is 145 Å². The van der Waals surface area contributed by atoms with E-state index in [0.29, 0.717) is 16.7 Å². The molecule has 3 rings (SSSR count). The molecule has 6 heteroatoms. The summed E-state index contributed by atoms with van der Waals surface area (Å²) in [5.74, 6) is -0.144. The molecule has 0 bridgehead atoms. The number of anilines is 2. The normalized spacial score (nSPS) is 12.1. The average molecular weight is 338 g/mol. The second-order valence-corrected chi connectivity index (χ2v) is 6.14. The van der Waals surface area contributed by atoms with Crippen LogP contribution in [0.4, 0.5) is 11.4 Å². The van der Waals surface area contributed by atoms with Gasteiger partial charge in [0.15, 0.2) is 0 Å². The van der Waals surface area contributed by atoms with Gasteiger partial charge < -0.3 is 20.6 Å². The van der Waals surface area contributed by atoms with Crippen molar-refractivity contribution in [3.05, 3.63) is 58.5 Å². The maximum absolute atomic E-state index is 12.4. The van der Waals surface area contributed by atoms with Gasteiger partial charge in [0.1, 0.15) is 6.04 Å². The van der Waals surface area contributed by atoms with Crippen LogP contribution in [0, 0.1) is 0 Å². The molecule has 6 nitrogen and oxygen atoms in total. The van der Waals surface area contributed by atoms with Crippen LogP contribution in [-0.4, -0.2) is 21.9 Å². The van der Waals surface area contributed by atoms with E-state index >= 15 is 0 Å². The van der Waals surface area contributed by atoms with Crippen LogP contribution < -0.4 is 16.3 Å². The van der Waals surface area contributed by atoms with Gasteiger partial charge in [0.25, 0.3) is 0 Å². The van der Waals surface area contributed by atoms with Crippen LogP contribution >= 0.6 is 0 Å². The minimum Gasteiger partial charge on any atom is -0.374 e. The number of fused-ring (bicyclic) bond motifs is 1. The lowest BCUT2D eigenvalue weighted by molar-refractivity contribution is -0.116. The minimum atomic E-state index is -0.391. The van der Waals surface area contributed by atoms with Crippen LogP contribution in [-0.2, 0) is 11.2 Å². The number of carbonyl (C=O) groups excluding carboxylic acids is 1. The van der Waals surface area contributed by atoms with Gasteiger partial charge in [-0.15, -0.1) is 0 Å². The van der Waals surface area contributed by atoms with Crippen LogP contribution in [0.3, 0.4) is 0 Å². The summed E-state index contributed by atoms with van der Waals surface area (Å²) in [5, 5.41) is 6.05. The number of aromatic nitrogens is 2. The first kappa shape index (κ1) is 16.8. The molecule has 0 radical (unpaired) electrons. The van der Waals surface area contributed by atoms with Crippen molar-refractivity contribution in [1.82, 2.24) is 9.97 Å². The number of aryl methyl sites for hydroxylation is 1. The van der Waals surface area contributed by atoms with Crippen molar-refractivity contribution in [2.24, 2.45) is 0 Å². The fourth-order valence-electron chi connectivity index (χ4n) is 2.73. The zero-order valence-electron chi connectivity index (χ0n) is 14.3. The predicted octanol–water partition coefficient (Wildman–Crippen LogP) is 3.25. The Morgan fingerprint density at radius 1 is 1.04 bits per heavy atom. The van der Waals surface area contributed by atoms with Crippen molar-refractivity contribution < 1.29 is 4.79 Å². The topological polar surface area (TPSA) is 89.8 Å². The SMILES string of the molecule is CCCc1ccc(N[C@H](C)C(=O)Nc2ccc3[nH]c(=O)[nH]c3c2)cc1. The summed E-state index contributed by atoms with van der Waals surface area (Å²) in [7, 11) is 0. The van der Waals surface area contributed by atoms with Crippen LogP contribution in [0.2, 0.25) is 0 Å². The van der Waals surface area contributed by atoms with Crippen LogP contribution in [0.25, 0.3) is 11.0 Å². The van der Waals surface area contributed by atoms with E-state index in [1.54, 1.807) is 18.2 Å². The molecule has 2 aromatic carbocycles. The standard InChI is InChI=1S/C19H22N4O2/c1-3-4-13-5-7-14(8-6-13)20-12(2)18(24)21-15-9-10-16-17(11-15)23-19(25)22-16/h5-12,20H,3-4H2,1-2H3,(H,21,24)(H2,22,23,25)/t12-/m1/s1. The van der Waals surface area contributed by atoms with Crippen molar-refractivity contribution in [3.63, 3.8) is 0 Å². The quantitative estimate of drug-likeness (QED) is 0.556. The molecule has 0 aliphatic carbocycles. The Bertz CT molecular complexity index is 924. The molecule has 1 heterocycles. The molecular formula is C19H22N4O2. The van der Waals surface area contributed by atoms with Gasteiger partial charge in [-0.1, -0.05) is 25.5 Å². The van der Waals surface area contributed by atoms with Gasteiger partial charge in [0, 0.05) is 11.4 Å². The lowest BCUT2D eigenvalue weighted by Gasteiger charge is -2.15. The molecule has 3 aromatic rings. The molecule has 130 valence electrons. The highest BCUT2D eigenvalue weighted by Crippen LogP contribution is 2.16. The van der Waals surface area contributed by atoms with E-state index in [1.807, 2.05) is 19.1 Å². The van der Waals surface area contributed by atoms with E-state index in [9.17, 15) is 9.59 Å². The predicted molar refractivity (Wildman–Crippen MR) is 101 cm³/mol. The molecule has 25 heavy (non-hydrogen) atoms. The van der Waals surface area contributed by atoms with Gasteiger partial charge >= 0.3 is 5.69 Å². The number of H-pyrrole nitrogens is 2. The first-order chi connectivity index (χ1) is 12.0. The highest BCUT2D eigenvalue weighted by molar-refractivity contribution is 5.97. The Morgan fingerprint density at radius 3 is 2.44 bits per heavy atom. The summed E-state index contributed by atoms with van der Waals surface area (Å²) in [6.07, 6.45) is 2.17. The Morgan fingerprint density at radius 2 is 1.72 bits per heavy atom. The molecule has 0 saturated carbocycles. The van der Waals surface area contributed by atoms with Crippen LogP contribution in [0.15, 0.2) is 47.3 Å². The third-order valence-electron chi connectivity index (χ3n) is 4.05. The molecule has 1 amide bonds. The van der Waals surface area contributed by atoms with E-state index in [2.05, 4.69) is 39.7 Å². The highest BCUT2D eigenvalue weighted by Gasteiger charge is 2.13. The number of benzene rings is 2. The van der Waals surface area contributed by atoms with Crippen molar-refractivity contribution in [1.29, 1.82) is 0 Å². The molecule has 0 aliphatic heterocycles. The van der Waals surface area contributed by atoms with Crippen LogP contribution in [0.1, 0.15) is 25.8 Å². The highest BCUT2D eigenvalue weighted by atomic mass is 16.2. The van der Waals surface area contributed by atoms with E-state index < -0.39 is 6.04 Å². The first-order valence-electron chi connectivity index (χ1n) is 8.43. The Hall–Kier alpha value is -3.02. The van der Waals surface area contributed by atoms with Gasteiger partial charge in [-0.2, -0.15) is 0 Å². The molecule has 0 fully saturated rings. The van der Waals surface area contributed by atoms with Crippen molar-refractivity contribution in [3.8, 4) is 0 Å². The van der Waals surface area contributed by atoms with Crippen molar-refractivity contribution >= 4 is 28.3 Å². The number of imidazole rings is 1. The summed E-state index contributed by atoms with van der Waals surface area (Å²) in [6.45, 7) is 3.96. The van der Waals surface area contributed by atoms with Crippen LogP contribution in [0.5, 0.6) is 0 Å². The molecule has 0 saturated heterocycles. The number of aromatic amines is 2. The van der Waals surface area contributed by atoms with Gasteiger partial charge in [-0.05, 0) is 49.2 Å². The third kappa shape index (κ3) is 4.09. The van der Waals surface area contributed by atoms with E-state index in [-0.39, 0.29) is 11.6 Å². The molecule has 0 spiro atoms. The molecule has 1 atom stereocenters. The van der Waals surface area contributed by atoms with E-state index in [1.165, 1.54) is 5.56 Å². The second-order valence-electron chi connectivity index (χ2n) is 6.14. The summed E-state index contributed by atoms with van der Waals surface area (Å²) >= 11 is 0. The smallest absolute Gasteiger partial charge is 0.323 e. The summed E-state index contributed by atoms with van der Waals surface area (Å²) in [6, 6.07) is 13.0. The monoisotopic (exact) mass is 338 g/mol. The fraction of sp³-hybridized carbons (Fsp3) is 0.263. The first-order valence-corrected chi connectivity index (χ1v) is 8.43. The number of hydrogen-bond acceptors (Lipinski definition) is 3. The van der Waals surface area contributed by atoms with Gasteiger partial charge in [-0.3, -0.25) is 4.79 Å². The summed E-state index contributed by atoms with van der Waals surface area (Å²) < 4.78 is 0. The lowest BCUT2D eigenvalue weighted by atomic mass is 10.1. The largest absolute Gasteiger partial charge is 0.374 e. The zero-order chi connectivity index (χ0) is 17.8. The zero-order valence-corrected chi connectivity index (χ0v) is 14.3. The number of nitrogens with one attached hydrogen (secondary N) is 4. The van der Waals surface area contributed by atoms with E-state index in [4.69, 9.17) is 0 Å². The van der Waals surface area contributed by atoms with Crippen molar-refractivity contribution in [2.45, 2.75) is 32.7 Å².